The van der Waals surface area contributed by atoms with Crippen molar-refractivity contribution in [2.75, 3.05) is 18.5 Å². The molecule has 0 heterocycles. The highest BCUT2D eigenvalue weighted by molar-refractivity contribution is 7.92. The number of carbonyl (C=O) groups excluding carboxylic acids is 1. The molecule has 0 radical (unpaired) electrons. The zero-order valence-electron chi connectivity index (χ0n) is 14.6. The van der Waals surface area contributed by atoms with Crippen LogP contribution in [0.25, 0.3) is 0 Å². The first-order chi connectivity index (χ1) is 11.8. The molecule has 2 rings (SSSR count). The van der Waals surface area contributed by atoms with Gasteiger partial charge in [-0.1, -0.05) is 12.1 Å². The molecule has 0 spiro atoms. The Morgan fingerprint density at radius 1 is 1.04 bits per heavy atom. The molecule has 0 atom stereocenters. The first kappa shape index (κ1) is 18.8. The van der Waals surface area contributed by atoms with Crippen LogP contribution in [0.5, 0.6) is 5.75 Å². The van der Waals surface area contributed by atoms with E-state index in [1.54, 1.807) is 38.1 Å². The Morgan fingerprint density at radius 2 is 1.64 bits per heavy atom. The first-order valence-electron chi connectivity index (χ1n) is 7.70. The van der Waals surface area contributed by atoms with Crippen LogP contribution in [0.15, 0.2) is 53.4 Å². The van der Waals surface area contributed by atoms with Crippen LogP contribution in [0.2, 0.25) is 0 Å². The zero-order chi connectivity index (χ0) is 18.6. The van der Waals surface area contributed by atoms with Crippen molar-refractivity contribution in [3.8, 4) is 5.75 Å². The van der Waals surface area contributed by atoms with E-state index in [2.05, 4.69) is 0 Å². The number of anilines is 1. The predicted molar refractivity (Wildman–Crippen MR) is 95.6 cm³/mol. The second kappa shape index (κ2) is 7.57. The molecule has 134 valence electrons. The van der Waals surface area contributed by atoms with Crippen molar-refractivity contribution in [2.24, 2.45) is 0 Å². The van der Waals surface area contributed by atoms with E-state index >= 15 is 0 Å². The minimum atomic E-state index is -3.79. The van der Waals surface area contributed by atoms with Gasteiger partial charge in [0.25, 0.3) is 10.0 Å². The summed E-state index contributed by atoms with van der Waals surface area (Å²) in [5.41, 5.74) is 0.723. The number of sulfonamides is 1. The van der Waals surface area contributed by atoms with Gasteiger partial charge < -0.3 is 9.47 Å². The van der Waals surface area contributed by atoms with Crippen LogP contribution in [0.1, 0.15) is 24.2 Å². The highest BCUT2D eigenvalue weighted by Gasteiger charge is 2.24. The van der Waals surface area contributed by atoms with Crippen LogP contribution in [0, 0.1) is 0 Å². The summed E-state index contributed by atoms with van der Waals surface area (Å²) in [5.74, 6) is -0.0391. The van der Waals surface area contributed by atoms with Gasteiger partial charge in [-0.3, -0.25) is 4.31 Å². The minimum Gasteiger partial charge on any atom is -0.495 e. The lowest BCUT2D eigenvalue weighted by Crippen LogP contribution is -2.27. The fourth-order valence-corrected chi connectivity index (χ4v) is 3.43. The molecule has 25 heavy (non-hydrogen) atoms. The van der Waals surface area contributed by atoms with E-state index in [9.17, 15) is 13.2 Å². The molecule has 0 unspecified atom stereocenters. The third-order valence-electron chi connectivity index (χ3n) is 3.52. The van der Waals surface area contributed by atoms with Crippen molar-refractivity contribution < 1.29 is 22.7 Å². The van der Waals surface area contributed by atoms with E-state index in [4.69, 9.17) is 9.47 Å². The lowest BCUT2D eigenvalue weighted by Gasteiger charge is -2.21. The molecule has 0 aliphatic rings. The maximum atomic E-state index is 12.8. The Balaban J connectivity index is 2.32. The number of esters is 1. The number of ether oxygens (including phenoxy) is 2. The average molecular weight is 363 g/mol. The van der Waals surface area contributed by atoms with Crippen molar-refractivity contribution in [3.05, 3.63) is 54.1 Å². The molecule has 0 amide bonds. The topological polar surface area (TPSA) is 72.9 Å². The predicted octanol–water partition coefficient (Wildman–Crippen LogP) is 3.09. The van der Waals surface area contributed by atoms with Gasteiger partial charge in [-0.2, -0.15) is 0 Å². The Hall–Kier alpha value is -2.54. The van der Waals surface area contributed by atoms with Gasteiger partial charge in [0, 0.05) is 7.05 Å². The molecule has 0 fully saturated rings. The Kier molecular flexibility index (Phi) is 5.69. The van der Waals surface area contributed by atoms with Crippen LogP contribution in [0.3, 0.4) is 0 Å². The van der Waals surface area contributed by atoms with Gasteiger partial charge in [0.15, 0.2) is 0 Å². The van der Waals surface area contributed by atoms with Gasteiger partial charge in [0.1, 0.15) is 5.75 Å². The van der Waals surface area contributed by atoms with Gasteiger partial charge in [0.05, 0.1) is 29.4 Å². The molecule has 2 aromatic rings. The van der Waals surface area contributed by atoms with Gasteiger partial charge in [-0.15, -0.1) is 0 Å². The number of hydrogen-bond donors (Lipinski definition) is 0. The van der Waals surface area contributed by atoms with Crippen molar-refractivity contribution in [1.82, 2.24) is 0 Å². The molecule has 0 saturated carbocycles. The zero-order valence-corrected chi connectivity index (χ0v) is 15.4. The van der Waals surface area contributed by atoms with E-state index in [1.165, 1.54) is 38.4 Å². The number of nitrogens with zero attached hydrogens (tertiary/aromatic N) is 1. The summed E-state index contributed by atoms with van der Waals surface area (Å²) in [6, 6.07) is 12.5. The lowest BCUT2D eigenvalue weighted by molar-refractivity contribution is 0.0378. The summed E-state index contributed by atoms with van der Waals surface area (Å²) < 4.78 is 37.1. The van der Waals surface area contributed by atoms with E-state index in [-0.39, 0.29) is 11.0 Å². The van der Waals surface area contributed by atoms with Gasteiger partial charge in [0.2, 0.25) is 0 Å². The molecule has 7 heteroatoms. The number of rotatable bonds is 6. The fourth-order valence-electron chi connectivity index (χ4n) is 2.22. The molecule has 6 nitrogen and oxygen atoms in total. The Bertz CT molecular complexity index is 844. The van der Waals surface area contributed by atoms with Crippen molar-refractivity contribution in [2.45, 2.75) is 24.8 Å². The second-order valence-corrected chi connectivity index (χ2v) is 7.59. The largest absolute Gasteiger partial charge is 0.495 e. The molecule has 0 aromatic heterocycles. The summed E-state index contributed by atoms with van der Waals surface area (Å²) in [5, 5.41) is 0. The van der Waals surface area contributed by atoms with Crippen molar-refractivity contribution in [1.29, 1.82) is 0 Å². The van der Waals surface area contributed by atoms with Crippen LogP contribution >= 0.6 is 0 Å². The lowest BCUT2D eigenvalue weighted by atomic mass is 10.2. The summed E-state index contributed by atoms with van der Waals surface area (Å²) in [7, 11) is -0.856. The van der Waals surface area contributed by atoms with Gasteiger partial charge in [-0.05, 0) is 50.2 Å². The normalized spacial score (nSPS) is 11.2. The Morgan fingerprint density at radius 3 is 2.20 bits per heavy atom. The maximum Gasteiger partial charge on any atom is 0.338 e. The van der Waals surface area contributed by atoms with Crippen LogP contribution in [-0.2, 0) is 14.8 Å². The van der Waals surface area contributed by atoms with E-state index in [1.807, 2.05) is 0 Å². The molecule has 0 aliphatic heterocycles. The SMILES string of the molecule is COc1ccccc1N(C)S(=O)(=O)c1ccc(C(=O)OC(C)C)cc1. The average Bonchev–Trinajstić information content (AvgIpc) is 2.60. The summed E-state index contributed by atoms with van der Waals surface area (Å²) in [4.78, 5) is 11.9. The third kappa shape index (κ3) is 4.11. The van der Waals surface area contributed by atoms with Gasteiger partial charge >= 0.3 is 5.97 Å². The summed E-state index contributed by atoms with van der Waals surface area (Å²) in [6.45, 7) is 3.50. The highest BCUT2D eigenvalue weighted by atomic mass is 32.2. The molecule has 0 bridgehead atoms. The summed E-state index contributed by atoms with van der Waals surface area (Å²) in [6.07, 6.45) is -0.243. The number of methoxy groups -OCH3 is 1. The van der Waals surface area contributed by atoms with Crippen molar-refractivity contribution >= 4 is 21.7 Å². The quantitative estimate of drug-likeness (QED) is 0.738. The highest BCUT2D eigenvalue weighted by Crippen LogP contribution is 2.30. The molecular formula is C18H21NO5S. The number of carbonyl (C=O) groups is 1. The molecule has 2 aromatic carbocycles. The van der Waals surface area contributed by atoms with E-state index in [0.29, 0.717) is 17.0 Å². The van der Waals surface area contributed by atoms with E-state index < -0.39 is 16.0 Å². The standard InChI is InChI=1S/C18H21NO5S/c1-13(2)24-18(20)14-9-11-15(12-10-14)25(21,22)19(3)16-7-5-6-8-17(16)23-4/h5-13H,1-4H3. The molecule has 0 saturated heterocycles. The number of hydrogen-bond acceptors (Lipinski definition) is 5. The number of para-hydroxylation sites is 2. The summed E-state index contributed by atoms with van der Waals surface area (Å²) >= 11 is 0. The van der Waals surface area contributed by atoms with E-state index in [0.717, 1.165) is 4.31 Å². The molecular weight excluding hydrogens is 342 g/mol. The minimum absolute atomic E-state index is 0.0713. The fraction of sp³-hybridized carbons (Fsp3) is 0.278. The smallest absolute Gasteiger partial charge is 0.338 e. The number of benzene rings is 2. The van der Waals surface area contributed by atoms with Crippen LogP contribution in [-0.4, -0.2) is 34.6 Å². The monoisotopic (exact) mass is 363 g/mol. The third-order valence-corrected chi connectivity index (χ3v) is 5.30. The van der Waals surface area contributed by atoms with Crippen LogP contribution in [0.4, 0.5) is 5.69 Å². The van der Waals surface area contributed by atoms with Crippen LogP contribution < -0.4 is 9.04 Å². The maximum absolute atomic E-state index is 12.8. The van der Waals surface area contributed by atoms with Gasteiger partial charge in [-0.25, -0.2) is 13.2 Å². The second-order valence-electron chi connectivity index (χ2n) is 5.62. The molecule has 0 aliphatic carbocycles. The Labute approximate surface area is 148 Å². The first-order valence-corrected chi connectivity index (χ1v) is 9.14. The van der Waals surface area contributed by atoms with Crippen molar-refractivity contribution in [3.63, 3.8) is 0 Å². The molecule has 0 N–H and O–H groups in total.